The molecule has 0 aliphatic carbocycles. The number of nitrogens with one attached hydrogen (secondary N) is 1. The Kier molecular flexibility index (Phi) is 6.40. The zero-order valence-corrected chi connectivity index (χ0v) is 17.7. The minimum atomic E-state index is -3.74. The number of sulfonamides is 1. The van der Waals surface area contributed by atoms with Crippen molar-refractivity contribution in [3.05, 3.63) is 54.6 Å². The Balaban J connectivity index is 1.65. The van der Waals surface area contributed by atoms with Crippen molar-refractivity contribution in [3.8, 4) is 0 Å². The molecule has 0 atom stereocenters. The van der Waals surface area contributed by atoms with Gasteiger partial charge in [-0.3, -0.25) is 4.79 Å². The van der Waals surface area contributed by atoms with Crippen molar-refractivity contribution in [2.24, 2.45) is 5.92 Å². The predicted octanol–water partition coefficient (Wildman–Crippen LogP) is 2.52. The summed E-state index contributed by atoms with van der Waals surface area (Å²) < 4.78 is 51.5. The van der Waals surface area contributed by atoms with Gasteiger partial charge in [-0.2, -0.15) is 4.31 Å². The molecule has 0 aromatic heterocycles. The Hall–Kier alpha value is -2.23. The smallest absolute Gasteiger partial charge is 0.243 e. The van der Waals surface area contributed by atoms with Gasteiger partial charge in [-0.15, -0.1) is 0 Å². The number of hydrogen-bond acceptors (Lipinski definition) is 5. The van der Waals surface area contributed by atoms with E-state index < -0.39 is 31.5 Å². The fourth-order valence-corrected chi connectivity index (χ4v) is 5.79. The lowest BCUT2D eigenvalue weighted by Gasteiger charge is -2.29. The Morgan fingerprint density at radius 2 is 1.52 bits per heavy atom. The van der Waals surface area contributed by atoms with Crippen molar-refractivity contribution in [2.75, 3.05) is 24.2 Å². The first-order valence-corrected chi connectivity index (χ1v) is 12.5. The van der Waals surface area contributed by atoms with E-state index in [9.17, 15) is 21.6 Å². The summed E-state index contributed by atoms with van der Waals surface area (Å²) in [6.07, 6.45) is 1.67. The number of rotatable bonds is 6. The molecule has 29 heavy (non-hydrogen) atoms. The van der Waals surface area contributed by atoms with E-state index in [4.69, 9.17) is 0 Å². The minimum Gasteiger partial charge on any atom is -0.325 e. The van der Waals surface area contributed by atoms with Gasteiger partial charge in [-0.05, 0) is 55.2 Å². The molecule has 0 bridgehead atoms. The van der Waals surface area contributed by atoms with Gasteiger partial charge in [-0.1, -0.05) is 25.1 Å². The van der Waals surface area contributed by atoms with Gasteiger partial charge in [0.2, 0.25) is 15.9 Å². The first kappa shape index (κ1) is 21.5. The maximum atomic E-state index is 12.7. The van der Waals surface area contributed by atoms with E-state index in [-0.39, 0.29) is 9.79 Å². The average molecular weight is 437 g/mol. The quantitative estimate of drug-likeness (QED) is 0.750. The molecule has 3 rings (SSSR count). The van der Waals surface area contributed by atoms with E-state index in [2.05, 4.69) is 12.2 Å². The van der Waals surface area contributed by atoms with Crippen molar-refractivity contribution < 1.29 is 21.6 Å². The first-order valence-electron chi connectivity index (χ1n) is 9.36. The van der Waals surface area contributed by atoms with Gasteiger partial charge in [0, 0.05) is 18.8 Å². The van der Waals surface area contributed by atoms with Crippen LogP contribution >= 0.6 is 0 Å². The predicted molar refractivity (Wildman–Crippen MR) is 111 cm³/mol. The van der Waals surface area contributed by atoms with E-state index in [0.29, 0.717) is 24.7 Å². The van der Waals surface area contributed by atoms with Crippen LogP contribution in [0.2, 0.25) is 0 Å². The Labute approximate surface area is 171 Å². The van der Waals surface area contributed by atoms with Gasteiger partial charge in [-0.25, -0.2) is 16.8 Å². The second-order valence-corrected chi connectivity index (χ2v) is 11.2. The van der Waals surface area contributed by atoms with Gasteiger partial charge in [0.15, 0.2) is 9.84 Å². The summed E-state index contributed by atoms with van der Waals surface area (Å²) in [6.45, 7) is 3.11. The van der Waals surface area contributed by atoms with E-state index in [1.807, 2.05) is 0 Å². The Bertz CT molecular complexity index is 1060. The number of hydrogen-bond donors (Lipinski definition) is 1. The number of nitrogens with zero attached hydrogens (tertiary/aromatic N) is 1. The normalized spacial score (nSPS) is 16.4. The van der Waals surface area contributed by atoms with E-state index in [0.717, 1.165) is 12.8 Å². The van der Waals surface area contributed by atoms with Crippen LogP contribution in [0.1, 0.15) is 19.8 Å². The molecule has 2 aromatic rings. The van der Waals surface area contributed by atoms with Crippen LogP contribution in [0.25, 0.3) is 0 Å². The minimum absolute atomic E-state index is 0.0763. The van der Waals surface area contributed by atoms with Crippen LogP contribution < -0.4 is 5.32 Å². The van der Waals surface area contributed by atoms with Crippen molar-refractivity contribution in [1.82, 2.24) is 4.31 Å². The monoisotopic (exact) mass is 436 g/mol. The van der Waals surface area contributed by atoms with E-state index in [1.54, 1.807) is 18.2 Å². The number of carbonyl (C=O) groups excluding carboxylic acids is 1. The lowest BCUT2D eigenvalue weighted by atomic mass is 10.0. The van der Waals surface area contributed by atoms with Gasteiger partial charge in [0.1, 0.15) is 5.75 Å². The van der Waals surface area contributed by atoms with Crippen molar-refractivity contribution >= 4 is 31.5 Å². The molecule has 0 unspecified atom stereocenters. The van der Waals surface area contributed by atoms with Crippen LogP contribution in [0.15, 0.2) is 64.4 Å². The number of anilines is 1. The number of amides is 1. The Morgan fingerprint density at radius 3 is 2.10 bits per heavy atom. The third kappa shape index (κ3) is 5.23. The van der Waals surface area contributed by atoms with Crippen molar-refractivity contribution in [3.63, 3.8) is 0 Å². The fraction of sp³-hybridized carbons (Fsp3) is 0.350. The maximum Gasteiger partial charge on any atom is 0.243 e. The molecule has 7 nitrogen and oxygen atoms in total. The Morgan fingerprint density at radius 1 is 0.931 bits per heavy atom. The van der Waals surface area contributed by atoms with Crippen molar-refractivity contribution in [2.45, 2.75) is 29.6 Å². The number of sulfone groups is 1. The van der Waals surface area contributed by atoms with Crippen LogP contribution in [0, 0.1) is 5.92 Å². The molecule has 1 N–H and O–H groups in total. The average Bonchev–Trinajstić information content (AvgIpc) is 2.69. The van der Waals surface area contributed by atoms with Crippen LogP contribution in [0.3, 0.4) is 0 Å². The molecule has 2 aromatic carbocycles. The van der Waals surface area contributed by atoms with Crippen molar-refractivity contribution in [1.29, 1.82) is 0 Å². The number of piperidine rings is 1. The van der Waals surface area contributed by atoms with Crippen LogP contribution in [-0.2, 0) is 24.7 Å². The summed E-state index contributed by atoms with van der Waals surface area (Å²) in [7, 11) is -7.32. The molecule has 0 spiro atoms. The lowest BCUT2D eigenvalue weighted by molar-refractivity contribution is -0.113. The van der Waals surface area contributed by atoms with Gasteiger partial charge >= 0.3 is 0 Å². The highest BCUT2D eigenvalue weighted by Crippen LogP contribution is 2.24. The third-order valence-corrected chi connectivity index (χ3v) is 8.49. The highest BCUT2D eigenvalue weighted by atomic mass is 32.2. The zero-order chi connectivity index (χ0) is 21.1. The number of benzene rings is 2. The maximum absolute atomic E-state index is 12.7. The molecule has 1 aliphatic rings. The molecule has 9 heteroatoms. The summed E-state index contributed by atoms with van der Waals surface area (Å²) in [5.74, 6) is -0.857. The molecular weight excluding hydrogens is 412 g/mol. The molecule has 0 saturated carbocycles. The van der Waals surface area contributed by atoms with Crippen LogP contribution in [0.4, 0.5) is 5.69 Å². The SMILES string of the molecule is CC1CCN(S(=O)(=O)c2ccc(NC(=O)CS(=O)(=O)c3ccccc3)cc2)CC1. The first-order chi connectivity index (χ1) is 13.7. The fourth-order valence-electron chi connectivity index (χ4n) is 3.17. The molecule has 1 amide bonds. The molecule has 0 radical (unpaired) electrons. The van der Waals surface area contributed by atoms with Crippen LogP contribution in [-0.4, -0.2) is 45.9 Å². The second-order valence-electron chi connectivity index (χ2n) is 7.23. The summed E-state index contributed by atoms with van der Waals surface area (Å²) in [4.78, 5) is 12.4. The van der Waals surface area contributed by atoms with E-state index in [1.165, 1.54) is 40.7 Å². The van der Waals surface area contributed by atoms with E-state index >= 15 is 0 Å². The molecule has 156 valence electrons. The zero-order valence-electron chi connectivity index (χ0n) is 16.1. The van der Waals surface area contributed by atoms with Gasteiger partial charge in [0.25, 0.3) is 0 Å². The molecular formula is C20H24N2O5S2. The molecule has 1 saturated heterocycles. The van der Waals surface area contributed by atoms with Gasteiger partial charge < -0.3 is 5.32 Å². The second kappa shape index (κ2) is 8.64. The summed E-state index contributed by atoms with van der Waals surface area (Å²) in [5, 5.41) is 2.51. The number of carbonyl (C=O) groups is 1. The molecule has 1 aliphatic heterocycles. The van der Waals surface area contributed by atoms with Gasteiger partial charge in [0.05, 0.1) is 9.79 Å². The highest BCUT2D eigenvalue weighted by Gasteiger charge is 2.28. The standard InChI is InChI=1S/C20H24N2O5S2/c1-16-11-13-22(14-12-16)29(26,27)19-9-7-17(8-10-19)21-20(23)15-28(24,25)18-5-3-2-4-6-18/h2-10,16H,11-15H2,1H3,(H,21,23). The highest BCUT2D eigenvalue weighted by molar-refractivity contribution is 7.92. The largest absolute Gasteiger partial charge is 0.325 e. The summed E-state index contributed by atoms with van der Waals surface area (Å²) >= 11 is 0. The topological polar surface area (TPSA) is 101 Å². The summed E-state index contributed by atoms with van der Waals surface area (Å²) in [5.41, 5.74) is 0.337. The third-order valence-electron chi connectivity index (χ3n) is 4.94. The molecule has 1 fully saturated rings. The lowest BCUT2D eigenvalue weighted by Crippen LogP contribution is -2.37. The molecule has 1 heterocycles. The van der Waals surface area contributed by atoms with Crippen LogP contribution in [0.5, 0.6) is 0 Å². The summed E-state index contributed by atoms with van der Waals surface area (Å²) in [6, 6.07) is 13.5.